The minimum Gasteiger partial charge on any atom is -0.506 e. The van der Waals surface area contributed by atoms with E-state index in [1.54, 1.807) is 6.92 Å². The van der Waals surface area contributed by atoms with Crippen molar-refractivity contribution in [2.75, 3.05) is 0 Å². The molecule has 1 aromatic rings. The van der Waals surface area contributed by atoms with Gasteiger partial charge in [0.2, 0.25) is 0 Å². The van der Waals surface area contributed by atoms with Gasteiger partial charge in [-0.15, -0.1) is 0 Å². The summed E-state index contributed by atoms with van der Waals surface area (Å²) in [6.07, 6.45) is 1.52. The number of hydrogen-bond acceptors (Lipinski definition) is 4. The molecule has 1 aromatic heterocycles. The van der Waals surface area contributed by atoms with Crippen LogP contribution in [0.1, 0.15) is 36.1 Å². The molecule has 0 amide bonds. The van der Waals surface area contributed by atoms with Gasteiger partial charge in [-0.25, -0.2) is 0 Å². The number of carbonyl (C=O) groups is 2. The van der Waals surface area contributed by atoms with Gasteiger partial charge < -0.3 is 15.3 Å². The first-order chi connectivity index (χ1) is 8.38. The van der Waals surface area contributed by atoms with Crippen LogP contribution in [0.4, 0.5) is 0 Å². The van der Waals surface area contributed by atoms with Crippen molar-refractivity contribution in [1.29, 1.82) is 0 Å². The fourth-order valence-corrected chi connectivity index (χ4v) is 1.74. The zero-order chi connectivity index (χ0) is 13.9. The predicted molar refractivity (Wildman–Crippen MR) is 62.6 cm³/mol. The second-order valence-electron chi connectivity index (χ2n) is 3.98. The van der Waals surface area contributed by atoms with Crippen LogP contribution >= 0.6 is 0 Å². The van der Waals surface area contributed by atoms with Gasteiger partial charge in [0.05, 0.1) is 12.1 Å². The number of aliphatic carboxylic acids is 2. The van der Waals surface area contributed by atoms with Crippen molar-refractivity contribution in [2.24, 2.45) is 0 Å². The van der Waals surface area contributed by atoms with Crippen LogP contribution in [0.15, 0.2) is 6.20 Å². The van der Waals surface area contributed by atoms with Crippen molar-refractivity contribution in [1.82, 2.24) is 4.98 Å². The van der Waals surface area contributed by atoms with Gasteiger partial charge in [-0.05, 0) is 24.5 Å². The van der Waals surface area contributed by atoms with E-state index in [0.29, 0.717) is 12.0 Å². The summed E-state index contributed by atoms with van der Waals surface area (Å²) in [4.78, 5) is 25.6. The van der Waals surface area contributed by atoms with Crippen LogP contribution in [0.2, 0.25) is 0 Å². The lowest BCUT2D eigenvalue weighted by molar-refractivity contribution is -0.145. The SMILES string of the molecule is CCc1cnc(C(CC(=O)O)C(=O)O)c(O)c1C. The summed E-state index contributed by atoms with van der Waals surface area (Å²) in [7, 11) is 0. The topological polar surface area (TPSA) is 108 Å². The zero-order valence-electron chi connectivity index (χ0n) is 10.2. The molecule has 0 radical (unpaired) electrons. The summed E-state index contributed by atoms with van der Waals surface area (Å²) in [6.45, 7) is 3.54. The van der Waals surface area contributed by atoms with Gasteiger partial charge in [0.15, 0.2) is 0 Å². The lowest BCUT2D eigenvalue weighted by Crippen LogP contribution is -2.17. The third kappa shape index (κ3) is 2.77. The van der Waals surface area contributed by atoms with E-state index in [4.69, 9.17) is 10.2 Å². The largest absolute Gasteiger partial charge is 0.506 e. The molecule has 0 aliphatic heterocycles. The third-order valence-corrected chi connectivity index (χ3v) is 2.83. The van der Waals surface area contributed by atoms with E-state index in [9.17, 15) is 14.7 Å². The number of aromatic nitrogens is 1. The van der Waals surface area contributed by atoms with Crippen molar-refractivity contribution in [3.05, 3.63) is 23.0 Å². The number of carboxylic acid groups (broad SMARTS) is 2. The van der Waals surface area contributed by atoms with Crippen LogP contribution in [0, 0.1) is 6.92 Å². The number of nitrogens with zero attached hydrogens (tertiary/aromatic N) is 1. The fraction of sp³-hybridized carbons (Fsp3) is 0.417. The van der Waals surface area contributed by atoms with Crippen LogP contribution in [-0.2, 0) is 16.0 Å². The minimum atomic E-state index is -1.34. The number of hydrogen-bond donors (Lipinski definition) is 3. The van der Waals surface area contributed by atoms with E-state index in [1.165, 1.54) is 6.20 Å². The molecule has 18 heavy (non-hydrogen) atoms. The van der Waals surface area contributed by atoms with Crippen LogP contribution in [-0.4, -0.2) is 32.2 Å². The highest BCUT2D eigenvalue weighted by Gasteiger charge is 2.28. The molecule has 1 unspecified atom stereocenters. The van der Waals surface area contributed by atoms with E-state index in [0.717, 1.165) is 5.56 Å². The van der Waals surface area contributed by atoms with Crippen molar-refractivity contribution < 1.29 is 24.9 Å². The van der Waals surface area contributed by atoms with Gasteiger partial charge in [0.25, 0.3) is 0 Å². The summed E-state index contributed by atoms with van der Waals surface area (Å²) in [5.74, 6) is -4.14. The maximum atomic E-state index is 11.0. The van der Waals surface area contributed by atoms with Crippen LogP contribution in [0.5, 0.6) is 5.75 Å². The second kappa shape index (κ2) is 5.48. The lowest BCUT2D eigenvalue weighted by Gasteiger charge is -2.14. The molecule has 0 aromatic carbocycles. The maximum Gasteiger partial charge on any atom is 0.313 e. The van der Waals surface area contributed by atoms with E-state index in [2.05, 4.69) is 4.98 Å². The molecule has 1 rings (SSSR count). The van der Waals surface area contributed by atoms with Gasteiger partial charge in [0, 0.05) is 6.20 Å². The quantitative estimate of drug-likeness (QED) is 0.730. The average Bonchev–Trinajstić information content (AvgIpc) is 2.29. The van der Waals surface area contributed by atoms with Gasteiger partial charge >= 0.3 is 11.9 Å². The molecule has 0 spiro atoms. The molecule has 3 N–H and O–H groups in total. The van der Waals surface area contributed by atoms with Crippen LogP contribution in [0.3, 0.4) is 0 Å². The monoisotopic (exact) mass is 253 g/mol. The first-order valence-electron chi connectivity index (χ1n) is 5.50. The number of aryl methyl sites for hydroxylation is 1. The standard InChI is InChI=1S/C12H15NO5/c1-3-7-5-13-10(11(16)6(7)2)8(12(17)18)4-9(14)15/h5,8,16H,3-4H2,1-2H3,(H,14,15)(H,17,18). The molecule has 0 saturated carbocycles. The van der Waals surface area contributed by atoms with Gasteiger partial charge in [-0.1, -0.05) is 6.92 Å². The molecule has 0 aliphatic rings. The normalized spacial score (nSPS) is 12.1. The summed E-state index contributed by atoms with van der Waals surface area (Å²) in [5, 5.41) is 27.6. The summed E-state index contributed by atoms with van der Waals surface area (Å²) < 4.78 is 0. The smallest absolute Gasteiger partial charge is 0.313 e. The molecule has 1 atom stereocenters. The average molecular weight is 253 g/mol. The molecule has 0 saturated heterocycles. The van der Waals surface area contributed by atoms with Crippen molar-refractivity contribution in [3.63, 3.8) is 0 Å². The van der Waals surface area contributed by atoms with Crippen LogP contribution in [0.25, 0.3) is 0 Å². The van der Waals surface area contributed by atoms with Crippen LogP contribution < -0.4 is 0 Å². The Labute approximate surface area is 104 Å². The first-order valence-corrected chi connectivity index (χ1v) is 5.50. The number of carboxylic acids is 2. The minimum absolute atomic E-state index is 0.0976. The van der Waals surface area contributed by atoms with Crippen molar-refractivity contribution in [3.8, 4) is 5.75 Å². The molecule has 0 bridgehead atoms. The van der Waals surface area contributed by atoms with E-state index in [-0.39, 0.29) is 11.4 Å². The molecular weight excluding hydrogens is 238 g/mol. The molecule has 98 valence electrons. The van der Waals surface area contributed by atoms with E-state index in [1.807, 2.05) is 6.92 Å². The maximum absolute atomic E-state index is 11.0. The van der Waals surface area contributed by atoms with E-state index >= 15 is 0 Å². The van der Waals surface area contributed by atoms with Crippen molar-refractivity contribution in [2.45, 2.75) is 32.6 Å². The van der Waals surface area contributed by atoms with Gasteiger partial charge in [-0.3, -0.25) is 14.6 Å². The molecule has 6 heteroatoms. The van der Waals surface area contributed by atoms with Gasteiger partial charge in [-0.2, -0.15) is 0 Å². The Kier molecular flexibility index (Phi) is 4.25. The highest BCUT2D eigenvalue weighted by Crippen LogP contribution is 2.31. The molecule has 6 nitrogen and oxygen atoms in total. The lowest BCUT2D eigenvalue weighted by atomic mass is 9.96. The Bertz CT molecular complexity index is 484. The Balaban J connectivity index is 3.25. The number of aromatic hydroxyl groups is 1. The summed E-state index contributed by atoms with van der Waals surface area (Å²) >= 11 is 0. The predicted octanol–water partition coefficient (Wildman–Crippen LogP) is 1.30. The molecular formula is C12H15NO5. The first kappa shape index (κ1) is 14.0. The highest BCUT2D eigenvalue weighted by atomic mass is 16.4. The molecule has 0 fully saturated rings. The Hall–Kier alpha value is -2.11. The second-order valence-corrected chi connectivity index (χ2v) is 3.98. The third-order valence-electron chi connectivity index (χ3n) is 2.83. The fourth-order valence-electron chi connectivity index (χ4n) is 1.74. The number of rotatable bonds is 5. The van der Waals surface area contributed by atoms with E-state index < -0.39 is 24.3 Å². The molecule has 0 aliphatic carbocycles. The highest BCUT2D eigenvalue weighted by molar-refractivity contribution is 5.82. The Morgan fingerprint density at radius 3 is 2.44 bits per heavy atom. The molecule has 1 heterocycles. The summed E-state index contributed by atoms with van der Waals surface area (Å²) in [5.41, 5.74) is 1.24. The van der Waals surface area contributed by atoms with Crippen molar-refractivity contribution >= 4 is 11.9 Å². The summed E-state index contributed by atoms with van der Waals surface area (Å²) in [6, 6.07) is 0. The Morgan fingerprint density at radius 2 is 2.00 bits per heavy atom. The zero-order valence-corrected chi connectivity index (χ0v) is 10.2. The van der Waals surface area contributed by atoms with Gasteiger partial charge in [0.1, 0.15) is 11.7 Å². The Morgan fingerprint density at radius 1 is 1.39 bits per heavy atom. The number of pyridine rings is 1.